The Morgan fingerprint density at radius 1 is 1.09 bits per heavy atom. The fourth-order valence-electron chi connectivity index (χ4n) is 2.05. The average Bonchev–Trinajstić information content (AvgIpc) is 3.03. The second-order valence-corrected chi connectivity index (χ2v) is 4.64. The Labute approximate surface area is 127 Å². The Hall–Kier alpha value is -3.08. The number of hydrogen-bond acceptors (Lipinski definition) is 4. The third-order valence-electron chi connectivity index (χ3n) is 3.12. The van der Waals surface area contributed by atoms with Crippen molar-refractivity contribution in [1.29, 1.82) is 0 Å². The fraction of sp³-hybridized carbons (Fsp3) is 0.0588. The zero-order chi connectivity index (χ0) is 15.4. The van der Waals surface area contributed by atoms with Gasteiger partial charge >= 0.3 is 0 Å². The van der Waals surface area contributed by atoms with Gasteiger partial charge in [-0.2, -0.15) is 0 Å². The van der Waals surface area contributed by atoms with Crippen LogP contribution in [0.5, 0.6) is 5.75 Å². The van der Waals surface area contributed by atoms with Gasteiger partial charge in [0, 0.05) is 5.56 Å². The summed E-state index contributed by atoms with van der Waals surface area (Å²) in [7, 11) is 0. The number of para-hydroxylation sites is 1. The summed E-state index contributed by atoms with van der Waals surface area (Å²) in [4.78, 5) is 15.7. The van der Waals surface area contributed by atoms with Crippen molar-refractivity contribution in [2.75, 3.05) is 0 Å². The molecule has 1 aromatic heterocycles. The van der Waals surface area contributed by atoms with E-state index in [1.54, 1.807) is 30.5 Å². The van der Waals surface area contributed by atoms with Crippen LogP contribution in [0.15, 0.2) is 65.3 Å². The van der Waals surface area contributed by atoms with Crippen LogP contribution >= 0.6 is 0 Å². The van der Waals surface area contributed by atoms with Gasteiger partial charge in [0.15, 0.2) is 6.61 Å². The summed E-state index contributed by atoms with van der Waals surface area (Å²) in [6.45, 7) is 0.122. The average molecular weight is 294 g/mol. The molecule has 0 atom stereocenters. The normalized spacial score (nSPS) is 10.4. The lowest BCUT2D eigenvalue weighted by Gasteiger charge is -2.07. The zero-order valence-electron chi connectivity index (χ0n) is 11.7. The summed E-state index contributed by atoms with van der Waals surface area (Å²) in [5.41, 5.74) is 7.34. The standard InChI is InChI=1S/C17H14N2O3/c18-17(20)13-8-4-5-9-15(13)21-11-16-19-14(10-22-16)12-6-2-1-3-7-12/h1-10H,11H2,(H2,18,20). The molecule has 1 heterocycles. The molecule has 0 bridgehead atoms. The van der Waals surface area contributed by atoms with Gasteiger partial charge in [-0.25, -0.2) is 4.98 Å². The zero-order valence-corrected chi connectivity index (χ0v) is 11.7. The highest BCUT2D eigenvalue weighted by Gasteiger charge is 2.11. The Balaban J connectivity index is 1.73. The van der Waals surface area contributed by atoms with Gasteiger partial charge in [-0.15, -0.1) is 0 Å². The van der Waals surface area contributed by atoms with Gasteiger partial charge in [-0.3, -0.25) is 4.79 Å². The number of nitrogens with two attached hydrogens (primary N) is 1. The van der Waals surface area contributed by atoms with Crippen molar-refractivity contribution in [3.05, 3.63) is 72.3 Å². The van der Waals surface area contributed by atoms with Crippen LogP contribution in [0.2, 0.25) is 0 Å². The van der Waals surface area contributed by atoms with Crippen molar-refractivity contribution in [2.45, 2.75) is 6.61 Å². The summed E-state index contributed by atoms with van der Waals surface area (Å²) >= 11 is 0. The number of benzene rings is 2. The van der Waals surface area contributed by atoms with Crippen LogP contribution in [-0.4, -0.2) is 10.9 Å². The number of aromatic nitrogens is 1. The first kappa shape index (κ1) is 13.9. The van der Waals surface area contributed by atoms with E-state index in [0.29, 0.717) is 17.2 Å². The number of amides is 1. The van der Waals surface area contributed by atoms with Crippen molar-refractivity contribution in [3.8, 4) is 17.0 Å². The van der Waals surface area contributed by atoms with Crippen LogP contribution in [-0.2, 0) is 6.61 Å². The van der Waals surface area contributed by atoms with Gasteiger partial charge in [0.25, 0.3) is 5.91 Å². The minimum atomic E-state index is -0.534. The largest absolute Gasteiger partial charge is 0.483 e. The lowest BCUT2D eigenvalue weighted by Crippen LogP contribution is -2.12. The first-order valence-electron chi connectivity index (χ1n) is 6.75. The van der Waals surface area contributed by atoms with Crippen molar-refractivity contribution in [2.24, 2.45) is 5.73 Å². The number of ether oxygens (including phenoxy) is 1. The SMILES string of the molecule is NC(=O)c1ccccc1OCc1nc(-c2ccccc2)co1. The predicted octanol–water partition coefficient (Wildman–Crippen LogP) is 3.02. The van der Waals surface area contributed by atoms with E-state index >= 15 is 0 Å². The van der Waals surface area contributed by atoms with Gasteiger partial charge < -0.3 is 14.9 Å². The molecule has 0 saturated carbocycles. The van der Waals surface area contributed by atoms with E-state index in [0.717, 1.165) is 11.3 Å². The van der Waals surface area contributed by atoms with Crippen LogP contribution in [0, 0.1) is 0 Å². The highest BCUT2D eigenvalue weighted by atomic mass is 16.5. The Morgan fingerprint density at radius 2 is 1.82 bits per heavy atom. The third kappa shape index (κ3) is 2.98. The number of rotatable bonds is 5. The molecule has 22 heavy (non-hydrogen) atoms. The summed E-state index contributed by atoms with van der Waals surface area (Å²) in [6, 6.07) is 16.5. The summed E-state index contributed by atoms with van der Waals surface area (Å²) in [5.74, 6) is 0.306. The molecule has 5 heteroatoms. The summed E-state index contributed by atoms with van der Waals surface area (Å²) in [5, 5.41) is 0. The van der Waals surface area contributed by atoms with Crippen LogP contribution in [0.1, 0.15) is 16.2 Å². The van der Waals surface area contributed by atoms with Gasteiger partial charge in [0.2, 0.25) is 5.89 Å². The topological polar surface area (TPSA) is 78.4 Å². The van der Waals surface area contributed by atoms with Crippen molar-refractivity contribution in [1.82, 2.24) is 4.98 Å². The van der Waals surface area contributed by atoms with E-state index in [4.69, 9.17) is 14.9 Å². The first-order valence-corrected chi connectivity index (χ1v) is 6.75. The van der Waals surface area contributed by atoms with Gasteiger partial charge in [0.05, 0.1) is 5.56 Å². The predicted molar refractivity (Wildman–Crippen MR) is 81.2 cm³/mol. The molecule has 0 spiro atoms. The molecule has 2 N–H and O–H groups in total. The molecule has 0 aliphatic carbocycles. The Bertz CT molecular complexity index is 781. The number of carbonyl (C=O) groups is 1. The van der Waals surface area contributed by atoms with E-state index in [1.165, 1.54) is 0 Å². The van der Waals surface area contributed by atoms with Crippen molar-refractivity contribution in [3.63, 3.8) is 0 Å². The maximum absolute atomic E-state index is 11.3. The molecule has 0 aliphatic heterocycles. The molecular formula is C17H14N2O3. The highest BCUT2D eigenvalue weighted by Crippen LogP contribution is 2.21. The molecule has 5 nitrogen and oxygen atoms in total. The van der Waals surface area contributed by atoms with Gasteiger partial charge in [-0.05, 0) is 12.1 Å². The van der Waals surface area contributed by atoms with Crippen molar-refractivity contribution < 1.29 is 13.9 Å². The summed E-state index contributed by atoms with van der Waals surface area (Å²) < 4.78 is 11.0. The molecule has 3 rings (SSSR count). The lowest BCUT2D eigenvalue weighted by molar-refractivity contribution is 0.0995. The molecule has 2 aromatic carbocycles. The maximum Gasteiger partial charge on any atom is 0.252 e. The monoisotopic (exact) mass is 294 g/mol. The molecule has 1 amide bonds. The number of nitrogens with zero attached hydrogens (tertiary/aromatic N) is 1. The second kappa shape index (κ2) is 6.13. The van der Waals surface area contributed by atoms with Crippen LogP contribution in [0.4, 0.5) is 0 Å². The number of hydrogen-bond donors (Lipinski definition) is 1. The van der Waals surface area contributed by atoms with Crippen LogP contribution in [0.3, 0.4) is 0 Å². The van der Waals surface area contributed by atoms with Gasteiger partial charge in [0.1, 0.15) is 17.7 Å². The fourth-order valence-corrected chi connectivity index (χ4v) is 2.05. The van der Waals surface area contributed by atoms with E-state index in [2.05, 4.69) is 4.98 Å². The molecule has 0 radical (unpaired) electrons. The van der Waals surface area contributed by atoms with E-state index < -0.39 is 5.91 Å². The second-order valence-electron chi connectivity index (χ2n) is 4.64. The first-order chi connectivity index (χ1) is 10.7. The lowest BCUT2D eigenvalue weighted by atomic mass is 10.2. The molecule has 0 fully saturated rings. The van der Waals surface area contributed by atoms with E-state index in [1.807, 2.05) is 30.3 Å². The molecule has 0 saturated heterocycles. The minimum Gasteiger partial charge on any atom is -0.483 e. The summed E-state index contributed by atoms with van der Waals surface area (Å²) in [6.07, 6.45) is 1.58. The van der Waals surface area contributed by atoms with Crippen LogP contribution in [0.25, 0.3) is 11.3 Å². The van der Waals surface area contributed by atoms with E-state index in [9.17, 15) is 4.79 Å². The van der Waals surface area contributed by atoms with Gasteiger partial charge in [-0.1, -0.05) is 42.5 Å². The molecule has 110 valence electrons. The quantitative estimate of drug-likeness (QED) is 0.784. The number of oxazole rings is 1. The van der Waals surface area contributed by atoms with E-state index in [-0.39, 0.29) is 6.61 Å². The number of carbonyl (C=O) groups excluding carboxylic acids is 1. The maximum atomic E-state index is 11.3. The molecule has 0 unspecified atom stereocenters. The molecule has 0 aliphatic rings. The minimum absolute atomic E-state index is 0.122. The number of primary amides is 1. The molecular weight excluding hydrogens is 280 g/mol. The Morgan fingerprint density at radius 3 is 2.59 bits per heavy atom. The highest BCUT2D eigenvalue weighted by molar-refractivity contribution is 5.95. The third-order valence-corrected chi connectivity index (χ3v) is 3.12. The molecule has 3 aromatic rings. The van der Waals surface area contributed by atoms with Crippen LogP contribution < -0.4 is 10.5 Å². The smallest absolute Gasteiger partial charge is 0.252 e. The van der Waals surface area contributed by atoms with Crippen molar-refractivity contribution >= 4 is 5.91 Å². The Kier molecular flexibility index (Phi) is 3.87.